The molecule has 0 saturated carbocycles. The van der Waals surface area contributed by atoms with Crippen LogP contribution in [-0.2, 0) is 4.74 Å². The smallest absolute Gasteiger partial charge is 0.374 e. The lowest BCUT2D eigenvalue weighted by Crippen LogP contribution is -2.08. The van der Waals surface area contributed by atoms with Crippen LogP contribution in [0.2, 0.25) is 0 Å². The van der Waals surface area contributed by atoms with Crippen LogP contribution < -0.4 is 10.2 Å². The van der Waals surface area contributed by atoms with Crippen molar-refractivity contribution in [2.75, 3.05) is 14.2 Å². The maximum absolute atomic E-state index is 11.7. The van der Waals surface area contributed by atoms with E-state index >= 15 is 0 Å². The average molecular weight is 233 g/mol. The van der Waals surface area contributed by atoms with Crippen molar-refractivity contribution >= 4 is 16.9 Å². The van der Waals surface area contributed by atoms with Crippen LogP contribution in [0.15, 0.2) is 27.4 Å². The largest absolute Gasteiger partial charge is 0.497 e. The molecule has 0 aliphatic rings. The van der Waals surface area contributed by atoms with Crippen LogP contribution in [-0.4, -0.2) is 20.2 Å². The molecule has 1 radical (unpaired) electrons. The Morgan fingerprint density at radius 3 is 2.76 bits per heavy atom. The number of esters is 1. The first-order chi connectivity index (χ1) is 8.15. The summed E-state index contributed by atoms with van der Waals surface area (Å²) in [7, 11) is 2.70. The monoisotopic (exact) mass is 233 g/mol. The molecule has 0 aliphatic carbocycles. The van der Waals surface area contributed by atoms with Gasteiger partial charge >= 0.3 is 5.97 Å². The number of ether oxygens (including phenoxy) is 2. The topological polar surface area (TPSA) is 65.7 Å². The fourth-order valence-electron chi connectivity index (χ4n) is 1.39. The highest BCUT2D eigenvalue weighted by atomic mass is 16.5. The number of benzene rings is 1. The van der Waals surface area contributed by atoms with Gasteiger partial charge < -0.3 is 13.9 Å². The molecular weight excluding hydrogens is 224 g/mol. The number of hydrogen-bond acceptors (Lipinski definition) is 5. The molecule has 2 aromatic rings. The Kier molecular flexibility index (Phi) is 2.82. The Labute approximate surface area is 96.6 Å². The molecule has 0 saturated heterocycles. The second-order valence-corrected chi connectivity index (χ2v) is 3.25. The summed E-state index contributed by atoms with van der Waals surface area (Å²) in [6, 6.07) is 6.86. The number of rotatable bonds is 2. The van der Waals surface area contributed by atoms with Gasteiger partial charge in [-0.3, -0.25) is 4.79 Å². The van der Waals surface area contributed by atoms with E-state index in [2.05, 4.69) is 10.8 Å². The van der Waals surface area contributed by atoms with Crippen molar-refractivity contribution in [2.45, 2.75) is 0 Å². The quantitative estimate of drug-likeness (QED) is 0.733. The summed E-state index contributed by atoms with van der Waals surface area (Å²) in [6.45, 7) is 0. The molecule has 17 heavy (non-hydrogen) atoms. The molecule has 0 spiro atoms. The third-order valence-corrected chi connectivity index (χ3v) is 2.24. The van der Waals surface area contributed by atoms with Gasteiger partial charge in [0.25, 0.3) is 0 Å². The molecule has 0 aliphatic heterocycles. The zero-order valence-electron chi connectivity index (χ0n) is 9.27. The van der Waals surface area contributed by atoms with Crippen LogP contribution in [0.4, 0.5) is 0 Å². The maximum Gasteiger partial charge on any atom is 0.374 e. The van der Waals surface area contributed by atoms with Crippen molar-refractivity contribution in [2.24, 2.45) is 0 Å². The van der Waals surface area contributed by atoms with E-state index in [-0.39, 0.29) is 16.8 Å². The fourth-order valence-corrected chi connectivity index (χ4v) is 1.39. The van der Waals surface area contributed by atoms with Gasteiger partial charge in [0.05, 0.1) is 19.6 Å². The van der Waals surface area contributed by atoms with Gasteiger partial charge in [-0.2, -0.15) is 0 Å². The maximum atomic E-state index is 11.7. The van der Waals surface area contributed by atoms with Crippen molar-refractivity contribution < 1.29 is 18.7 Å². The third-order valence-electron chi connectivity index (χ3n) is 2.24. The average Bonchev–Trinajstić information content (AvgIpc) is 2.37. The van der Waals surface area contributed by atoms with E-state index in [4.69, 9.17) is 9.15 Å². The second kappa shape index (κ2) is 4.29. The van der Waals surface area contributed by atoms with E-state index in [1.165, 1.54) is 26.4 Å². The molecule has 0 amide bonds. The SMILES string of the molecule is COC(=O)c1cc(=O)c2cc(OC)c[c]c2o1. The van der Waals surface area contributed by atoms with Crippen LogP contribution >= 0.6 is 0 Å². The van der Waals surface area contributed by atoms with E-state index in [9.17, 15) is 9.59 Å². The number of methoxy groups -OCH3 is 2. The van der Waals surface area contributed by atoms with Crippen LogP contribution in [0.5, 0.6) is 5.75 Å². The van der Waals surface area contributed by atoms with Gasteiger partial charge in [-0.15, -0.1) is 0 Å². The predicted molar refractivity (Wildman–Crippen MR) is 59.2 cm³/mol. The van der Waals surface area contributed by atoms with E-state index in [0.29, 0.717) is 11.1 Å². The van der Waals surface area contributed by atoms with Crippen LogP contribution in [0, 0.1) is 6.07 Å². The Hall–Kier alpha value is -2.30. The second-order valence-electron chi connectivity index (χ2n) is 3.25. The molecule has 0 N–H and O–H groups in total. The number of carbonyl (C=O) groups excluding carboxylic acids is 1. The van der Waals surface area contributed by atoms with Gasteiger partial charge in [-0.1, -0.05) is 0 Å². The first-order valence-corrected chi connectivity index (χ1v) is 4.77. The van der Waals surface area contributed by atoms with Crippen LogP contribution in [0.1, 0.15) is 10.6 Å². The van der Waals surface area contributed by atoms with Crippen LogP contribution in [0.3, 0.4) is 0 Å². The van der Waals surface area contributed by atoms with E-state index < -0.39 is 5.97 Å². The molecule has 0 fully saturated rings. The zero-order valence-corrected chi connectivity index (χ0v) is 9.27. The number of fused-ring (bicyclic) bond motifs is 1. The zero-order chi connectivity index (χ0) is 12.4. The van der Waals surface area contributed by atoms with Gasteiger partial charge in [0.2, 0.25) is 5.76 Å². The lowest BCUT2D eigenvalue weighted by molar-refractivity contribution is 0.0565. The lowest BCUT2D eigenvalue weighted by atomic mass is 10.2. The van der Waals surface area contributed by atoms with Crippen molar-refractivity contribution in [1.29, 1.82) is 0 Å². The number of hydrogen-bond donors (Lipinski definition) is 0. The highest BCUT2D eigenvalue weighted by Crippen LogP contribution is 2.18. The molecule has 5 nitrogen and oxygen atoms in total. The molecule has 87 valence electrons. The fraction of sp³-hybridized carbons (Fsp3) is 0.167. The summed E-state index contributed by atoms with van der Waals surface area (Å²) in [5.74, 6) is -0.352. The van der Waals surface area contributed by atoms with Gasteiger partial charge in [0.15, 0.2) is 5.43 Å². The normalized spacial score (nSPS) is 10.2. The Bertz CT molecular complexity index is 626. The minimum Gasteiger partial charge on any atom is -0.497 e. The molecule has 1 aromatic carbocycles. The molecule has 5 heteroatoms. The van der Waals surface area contributed by atoms with E-state index in [0.717, 1.165) is 6.07 Å². The summed E-state index contributed by atoms with van der Waals surface area (Å²) in [6.07, 6.45) is 0. The Balaban J connectivity index is 2.68. The number of carbonyl (C=O) groups is 1. The summed E-state index contributed by atoms with van der Waals surface area (Å²) < 4.78 is 14.7. The standard InChI is InChI=1S/C12H9O5/c1-15-7-3-4-10-8(5-7)9(13)6-11(17-10)12(14)16-2/h3,5-6H,1-2H3. The minimum absolute atomic E-state index is 0.147. The molecule has 1 heterocycles. The van der Waals surface area contributed by atoms with Crippen molar-refractivity contribution in [1.82, 2.24) is 0 Å². The Morgan fingerprint density at radius 2 is 2.12 bits per heavy atom. The molecule has 0 bridgehead atoms. The molecular formula is C12H9O5. The molecule has 1 aromatic heterocycles. The van der Waals surface area contributed by atoms with E-state index in [1.54, 1.807) is 0 Å². The first-order valence-electron chi connectivity index (χ1n) is 4.77. The lowest BCUT2D eigenvalue weighted by Gasteiger charge is -2.02. The van der Waals surface area contributed by atoms with Gasteiger partial charge in [0.1, 0.15) is 11.3 Å². The van der Waals surface area contributed by atoms with Gasteiger partial charge in [-0.25, -0.2) is 4.79 Å². The minimum atomic E-state index is -0.701. The van der Waals surface area contributed by atoms with Gasteiger partial charge in [0, 0.05) is 12.1 Å². The summed E-state index contributed by atoms with van der Waals surface area (Å²) >= 11 is 0. The molecule has 0 unspecified atom stereocenters. The molecule has 0 atom stereocenters. The first kappa shape index (κ1) is 11.2. The van der Waals surface area contributed by atoms with E-state index in [1.807, 2.05) is 0 Å². The van der Waals surface area contributed by atoms with Crippen molar-refractivity contribution in [3.63, 3.8) is 0 Å². The molecule has 2 rings (SSSR count). The Morgan fingerprint density at radius 1 is 1.35 bits per heavy atom. The summed E-state index contributed by atoms with van der Waals surface area (Å²) in [4.78, 5) is 23.0. The third kappa shape index (κ3) is 1.99. The van der Waals surface area contributed by atoms with Crippen LogP contribution in [0.25, 0.3) is 11.0 Å². The highest BCUT2D eigenvalue weighted by Gasteiger charge is 2.12. The summed E-state index contributed by atoms with van der Waals surface area (Å²) in [5.41, 5.74) is -0.152. The van der Waals surface area contributed by atoms with Crippen molar-refractivity contribution in [3.05, 3.63) is 40.2 Å². The summed E-state index contributed by atoms with van der Waals surface area (Å²) in [5, 5.41) is 0.303. The highest BCUT2D eigenvalue weighted by molar-refractivity contribution is 5.88. The van der Waals surface area contributed by atoms with Crippen molar-refractivity contribution in [3.8, 4) is 5.75 Å². The predicted octanol–water partition coefficient (Wildman–Crippen LogP) is 1.39. The van der Waals surface area contributed by atoms with Gasteiger partial charge in [-0.05, 0) is 12.1 Å².